The number of likely N-dealkylation sites (N-methyl/N-ethyl adjacent to an activating group) is 2. The molecule has 0 aliphatic rings. The Bertz CT molecular complexity index is 1680. The fraction of sp³-hybridized carbons (Fsp3) is 0.407. The van der Waals surface area contributed by atoms with Crippen LogP contribution in [0.3, 0.4) is 0 Å². The first-order chi connectivity index (χ1) is 18.9. The number of nitrogens with one attached hydrogen (secondary N) is 3. The second-order valence-electron chi connectivity index (χ2n) is 9.09. The second-order valence-corrected chi connectivity index (χ2v) is 11.0. The lowest BCUT2D eigenvalue weighted by molar-refractivity contribution is 0.414. The van der Waals surface area contributed by atoms with Crippen LogP contribution in [-0.2, 0) is 34.9 Å². The molecule has 2 aromatic carbocycles. The zero-order chi connectivity index (χ0) is 30.5. The Morgan fingerprint density at radius 3 is 2.40 bits per heavy atom. The van der Waals surface area contributed by atoms with Gasteiger partial charge in [-0.2, -0.15) is 0 Å². The second kappa shape index (κ2) is 10.5. The molecule has 3 N–H and O–H groups in total. The minimum absolute atomic E-state index is 0.101. The third kappa shape index (κ3) is 6.13. The van der Waals surface area contributed by atoms with Crippen molar-refractivity contribution in [1.29, 1.82) is 0 Å². The average molecular weight is 502 g/mol. The van der Waals surface area contributed by atoms with Crippen molar-refractivity contribution < 1.29 is 16.6 Å². The quantitative estimate of drug-likeness (QED) is 0.294. The molecule has 4 aromatic rings. The predicted octanol–water partition coefficient (Wildman–Crippen LogP) is 3.50. The number of benzene rings is 2. The van der Waals surface area contributed by atoms with Gasteiger partial charge in [-0.05, 0) is 94.6 Å². The van der Waals surface area contributed by atoms with E-state index in [1.54, 1.807) is 36.4 Å². The van der Waals surface area contributed by atoms with Gasteiger partial charge in [0.25, 0.3) is 0 Å². The number of fused-ring (bicyclic) bond motifs is 2. The number of hydrogen-bond donors (Lipinski definition) is 3. The van der Waals surface area contributed by atoms with Crippen molar-refractivity contribution in [2.45, 2.75) is 24.9 Å². The maximum Gasteiger partial charge on any atom is 0.215 e. The van der Waals surface area contributed by atoms with Gasteiger partial charge in [-0.15, -0.1) is 0 Å². The molecule has 0 fully saturated rings. The SMILES string of the molecule is [2H]C([2H])(c1ccc2[nH]cc(C([2H])([2H])C([2H])([2H])N(C)C)c2c1)c1[nH]c2ccc(CS(=O)(=O)NC)cc2c1CCN(C)C. The van der Waals surface area contributed by atoms with Gasteiger partial charge in [-0.3, -0.25) is 0 Å². The Hall–Kier alpha value is -2.65. The first-order valence-electron chi connectivity index (χ1n) is 14.4. The van der Waals surface area contributed by atoms with Crippen molar-refractivity contribution in [3.63, 3.8) is 0 Å². The number of sulfonamides is 1. The van der Waals surface area contributed by atoms with Gasteiger partial charge in [-0.1, -0.05) is 12.1 Å². The van der Waals surface area contributed by atoms with Crippen LogP contribution in [0.5, 0.6) is 0 Å². The van der Waals surface area contributed by atoms with Crippen LogP contribution < -0.4 is 4.72 Å². The smallest absolute Gasteiger partial charge is 0.215 e. The predicted molar refractivity (Wildman–Crippen MR) is 146 cm³/mol. The first kappa shape index (κ1) is 18.6. The van der Waals surface area contributed by atoms with E-state index in [0.717, 1.165) is 10.9 Å². The normalized spacial score (nSPS) is 16.3. The first-order valence-corrected chi connectivity index (χ1v) is 13.1. The zero-order valence-corrected chi connectivity index (χ0v) is 21.6. The van der Waals surface area contributed by atoms with Gasteiger partial charge in [0.15, 0.2) is 0 Å². The summed E-state index contributed by atoms with van der Waals surface area (Å²) in [6.07, 6.45) is -2.49. The topological polar surface area (TPSA) is 84.2 Å². The standard InChI is InChI=1S/C27H37N5O2S/c1-28-35(33,34)18-20-7-9-26-24(15-20)22(11-13-32(4)5)27(30-26)16-19-6-8-25-23(14-19)21(17-29-25)10-12-31(2)3/h6-9,14-15,17,28-30H,10-13,16,18H2,1-5H3/i10D2,12D2,16D2. The number of aromatic nitrogens is 2. The van der Waals surface area contributed by atoms with E-state index in [1.165, 1.54) is 32.2 Å². The van der Waals surface area contributed by atoms with Crippen LogP contribution in [0.25, 0.3) is 21.8 Å². The largest absolute Gasteiger partial charge is 0.361 e. The molecule has 2 aromatic heterocycles. The molecule has 0 amide bonds. The molecule has 0 unspecified atom stereocenters. The van der Waals surface area contributed by atoms with E-state index in [-0.39, 0.29) is 16.9 Å². The molecule has 0 aliphatic carbocycles. The van der Waals surface area contributed by atoms with Crippen LogP contribution in [0, 0.1) is 0 Å². The van der Waals surface area contributed by atoms with Gasteiger partial charge < -0.3 is 19.8 Å². The Balaban J connectivity index is 1.88. The highest BCUT2D eigenvalue weighted by atomic mass is 32.2. The number of rotatable bonds is 11. The van der Waals surface area contributed by atoms with E-state index in [2.05, 4.69) is 14.7 Å². The lowest BCUT2D eigenvalue weighted by atomic mass is 9.99. The molecular weight excluding hydrogens is 458 g/mol. The fourth-order valence-corrected chi connectivity index (χ4v) is 4.76. The molecule has 7 nitrogen and oxygen atoms in total. The molecule has 4 rings (SSSR count). The number of aryl methyl sites for hydroxylation is 1. The minimum atomic E-state index is -3.50. The molecule has 8 heteroatoms. The van der Waals surface area contributed by atoms with Gasteiger partial charge in [0.1, 0.15) is 0 Å². The van der Waals surface area contributed by atoms with Crippen LogP contribution in [0.15, 0.2) is 42.6 Å². The third-order valence-corrected chi connectivity index (χ3v) is 7.15. The summed E-state index contributed by atoms with van der Waals surface area (Å²) in [4.78, 5) is 9.43. The molecule has 0 saturated heterocycles. The highest BCUT2D eigenvalue weighted by molar-refractivity contribution is 7.88. The zero-order valence-electron chi connectivity index (χ0n) is 26.8. The Kier molecular flexibility index (Phi) is 5.60. The summed E-state index contributed by atoms with van der Waals surface area (Å²) >= 11 is 0. The van der Waals surface area contributed by atoms with Crippen molar-refractivity contribution in [1.82, 2.24) is 24.5 Å². The van der Waals surface area contributed by atoms with Crippen molar-refractivity contribution >= 4 is 31.8 Å². The monoisotopic (exact) mass is 501 g/mol. The molecule has 188 valence electrons. The van der Waals surface area contributed by atoms with Crippen LogP contribution in [0.4, 0.5) is 0 Å². The van der Waals surface area contributed by atoms with E-state index >= 15 is 0 Å². The third-order valence-electron chi connectivity index (χ3n) is 5.81. The van der Waals surface area contributed by atoms with Gasteiger partial charge in [0.2, 0.25) is 10.0 Å². The van der Waals surface area contributed by atoms with E-state index in [1.807, 2.05) is 19.0 Å². The lowest BCUT2D eigenvalue weighted by Gasteiger charge is -2.11. The summed E-state index contributed by atoms with van der Waals surface area (Å²) in [7, 11) is 4.67. The summed E-state index contributed by atoms with van der Waals surface area (Å²) in [5.74, 6) is -0.199. The number of H-pyrrole nitrogens is 2. The Morgan fingerprint density at radius 1 is 0.971 bits per heavy atom. The average Bonchev–Trinajstić information content (AvgIpc) is 3.48. The Morgan fingerprint density at radius 2 is 1.69 bits per heavy atom. The molecule has 0 bridgehead atoms. The summed E-state index contributed by atoms with van der Waals surface area (Å²) in [6, 6.07) is 10.2. The lowest BCUT2D eigenvalue weighted by Crippen LogP contribution is -2.20. The molecule has 0 radical (unpaired) electrons. The van der Waals surface area contributed by atoms with Crippen LogP contribution in [0.2, 0.25) is 0 Å². The number of aromatic amines is 2. The molecule has 0 atom stereocenters. The van der Waals surface area contributed by atoms with Gasteiger partial charge >= 0.3 is 0 Å². The summed E-state index contributed by atoms with van der Waals surface area (Å²) in [6.45, 7) is -1.69. The van der Waals surface area contributed by atoms with Crippen molar-refractivity contribution in [2.75, 3.05) is 48.3 Å². The van der Waals surface area contributed by atoms with Crippen LogP contribution in [0.1, 0.15) is 36.2 Å². The van der Waals surface area contributed by atoms with Crippen molar-refractivity contribution in [2.24, 2.45) is 0 Å². The highest BCUT2D eigenvalue weighted by Crippen LogP contribution is 2.28. The molecule has 35 heavy (non-hydrogen) atoms. The van der Waals surface area contributed by atoms with Gasteiger partial charge in [0, 0.05) is 61.3 Å². The summed E-state index contributed by atoms with van der Waals surface area (Å²) in [5.41, 5.74) is 3.29. The van der Waals surface area contributed by atoms with E-state index in [0.29, 0.717) is 40.6 Å². The number of nitrogens with zero attached hydrogens (tertiary/aromatic N) is 2. The summed E-state index contributed by atoms with van der Waals surface area (Å²) in [5, 5.41) is 1.14. The molecule has 0 saturated carbocycles. The number of hydrogen-bond acceptors (Lipinski definition) is 4. The minimum Gasteiger partial charge on any atom is -0.361 e. The maximum atomic E-state index is 12.2. The Labute approximate surface area is 217 Å². The van der Waals surface area contributed by atoms with E-state index < -0.39 is 29.3 Å². The van der Waals surface area contributed by atoms with Gasteiger partial charge in [-0.25, -0.2) is 13.1 Å². The molecular formula is C27H37N5O2S. The van der Waals surface area contributed by atoms with Gasteiger partial charge in [0.05, 0.1) is 5.75 Å². The highest BCUT2D eigenvalue weighted by Gasteiger charge is 2.16. The maximum absolute atomic E-state index is 12.2. The molecule has 0 aliphatic heterocycles. The van der Waals surface area contributed by atoms with Crippen molar-refractivity contribution in [3.8, 4) is 0 Å². The fourth-order valence-electron chi connectivity index (χ4n) is 4.00. The molecule has 0 spiro atoms. The van der Waals surface area contributed by atoms with Crippen LogP contribution in [-0.4, -0.2) is 76.5 Å². The van der Waals surface area contributed by atoms with E-state index in [4.69, 9.17) is 5.48 Å². The summed E-state index contributed by atoms with van der Waals surface area (Å²) < 4.78 is 79.4. The van der Waals surface area contributed by atoms with Crippen molar-refractivity contribution in [3.05, 3.63) is 70.5 Å². The van der Waals surface area contributed by atoms with E-state index in [9.17, 15) is 11.2 Å². The molecule has 2 heterocycles. The van der Waals surface area contributed by atoms with Crippen LogP contribution >= 0.6 is 0 Å².